The van der Waals surface area contributed by atoms with Gasteiger partial charge in [0.2, 0.25) is 0 Å². The molecule has 2 aliphatic rings. The van der Waals surface area contributed by atoms with Crippen LogP contribution in [0.2, 0.25) is 0 Å². The maximum absolute atomic E-state index is 11.5. The number of hydrogen-bond acceptors (Lipinski definition) is 10. The van der Waals surface area contributed by atoms with Crippen LogP contribution in [0.3, 0.4) is 0 Å². The van der Waals surface area contributed by atoms with Gasteiger partial charge in [0, 0.05) is 16.4 Å². The first-order valence-corrected chi connectivity index (χ1v) is 12.0. The second kappa shape index (κ2) is 9.96. The third-order valence-corrected chi connectivity index (χ3v) is 5.91. The largest absolute Gasteiger partial charge is 0.397 e. The van der Waals surface area contributed by atoms with Gasteiger partial charge in [0.05, 0.1) is 43.7 Å². The molecule has 0 bridgehead atoms. The second-order valence-electron chi connectivity index (χ2n) is 7.11. The van der Waals surface area contributed by atoms with Crippen LogP contribution in [0.25, 0.3) is 10.4 Å². The van der Waals surface area contributed by atoms with Crippen molar-refractivity contribution in [2.45, 2.75) is 43.7 Å². The average Bonchev–Trinajstić information content (AvgIpc) is 3.08. The Balaban J connectivity index is 1.96. The van der Waals surface area contributed by atoms with Crippen LogP contribution < -0.4 is 0 Å². The van der Waals surface area contributed by atoms with Gasteiger partial charge in [-0.25, -0.2) is 8.37 Å². The molecule has 32 heavy (non-hydrogen) atoms. The molecule has 5 unspecified atom stereocenters. The Morgan fingerprint density at radius 3 is 2.44 bits per heavy atom. The molecule has 1 aromatic rings. The van der Waals surface area contributed by atoms with Crippen LogP contribution in [0.15, 0.2) is 35.4 Å². The predicted octanol–water partition coefficient (Wildman–Crippen LogP) is 1.19. The van der Waals surface area contributed by atoms with Gasteiger partial charge in [-0.3, -0.25) is 9.11 Å². The van der Waals surface area contributed by atoms with Crippen LogP contribution in [0.1, 0.15) is 18.8 Å². The molecule has 1 aromatic carbocycles. The predicted molar refractivity (Wildman–Crippen MR) is 105 cm³/mol. The van der Waals surface area contributed by atoms with Crippen LogP contribution in [0.4, 0.5) is 0 Å². The van der Waals surface area contributed by atoms with Crippen molar-refractivity contribution >= 4 is 20.8 Å². The first kappa shape index (κ1) is 24.8. The van der Waals surface area contributed by atoms with E-state index in [1.807, 2.05) is 0 Å². The molecule has 0 saturated carbocycles. The number of nitrogens with zero attached hydrogens (tertiary/aromatic N) is 3. The molecule has 2 N–H and O–H groups in total. The van der Waals surface area contributed by atoms with Crippen LogP contribution in [0, 0.1) is 5.92 Å². The quantitative estimate of drug-likeness (QED) is 0.227. The molecule has 2 aliphatic heterocycles. The van der Waals surface area contributed by atoms with E-state index in [0.717, 1.165) is 0 Å². The lowest BCUT2D eigenvalue weighted by Gasteiger charge is -2.42. The molecule has 16 heteroatoms. The van der Waals surface area contributed by atoms with Crippen molar-refractivity contribution in [3.8, 4) is 0 Å². The van der Waals surface area contributed by atoms with Crippen molar-refractivity contribution < 1.29 is 48.5 Å². The van der Waals surface area contributed by atoms with E-state index in [9.17, 15) is 21.4 Å². The molecular weight excluding hydrogens is 474 g/mol. The summed E-state index contributed by atoms with van der Waals surface area (Å²) in [5, 5.41) is 3.47. The minimum Gasteiger partial charge on any atom is -0.375 e. The van der Waals surface area contributed by atoms with E-state index in [1.165, 1.54) is 0 Å². The van der Waals surface area contributed by atoms with E-state index in [4.69, 9.17) is 28.5 Å². The molecular formula is C16H21N3O11S2. The Labute approximate surface area is 183 Å². The highest BCUT2D eigenvalue weighted by Gasteiger charge is 2.52. The Hall–Kier alpha value is -1.85. The average molecular weight is 495 g/mol. The summed E-state index contributed by atoms with van der Waals surface area (Å²) in [6, 6.07) is 7.57. The fraction of sp³-hybridized carbons (Fsp3) is 0.625. The van der Waals surface area contributed by atoms with Crippen molar-refractivity contribution in [2.24, 2.45) is 11.0 Å². The standard InChI is InChI=1S/C16H21N3O11S2/c1-9-14(29-16(28-9)10-5-3-2-4-6-10)13-12(8-27-31(20,21)22)26-7-11(18-19-17)15(13)30-32(23,24)25/h2-6,9,11-16H,7-8H2,1H3,(H,20,21,22)(H,23,24,25)/t9?,11?,12?,13-,14?,15-,16?/m0/s1. The highest BCUT2D eigenvalue weighted by atomic mass is 32.3. The summed E-state index contributed by atoms with van der Waals surface area (Å²) < 4.78 is 90.0. The first-order valence-electron chi connectivity index (χ1n) is 9.27. The van der Waals surface area contributed by atoms with Gasteiger partial charge in [-0.05, 0) is 12.5 Å². The molecule has 3 rings (SSSR count). The minimum atomic E-state index is -5.03. The second-order valence-corrected chi connectivity index (χ2v) is 9.25. The molecule has 0 radical (unpaired) electrons. The lowest BCUT2D eigenvalue weighted by Crippen LogP contribution is -2.57. The van der Waals surface area contributed by atoms with Gasteiger partial charge in [-0.15, -0.1) is 0 Å². The zero-order chi connectivity index (χ0) is 23.5. The van der Waals surface area contributed by atoms with Crippen molar-refractivity contribution in [1.82, 2.24) is 0 Å². The molecule has 178 valence electrons. The zero-order valence-corrected chi connectivity index (χ0v) is 18.2. The Kier molecular flexibility index (Phi) is 7.72. The van der Waals surface area contributed by atoms with Crippen LogP contribution in [0.5, 0.6) is 0 Å². The van der Waals surface area contributed by atoms with E-state index in [1.54, 1.807) is 37.3 Å². The summed E-state index contributed by atoms with van der Waals surface area (Å²) in [5.41, 5.74) is 9.50. The number of hydrogen-bond donors (Lipinski definition) is 2. The summed E-state index contributed by atoms with van der Waals surface area (Å²) in [6.45, 7) is 0.501. The van der Waals surface area contributed by atoms with Gasteiger partial charge >= 0.3 is 20.8 Å². The van der Waals surface area contributed by atoms with E-state index < -0.39 is 70.1 Å². The number of azide groups is 1. The summed E-state index contributed by atoms with van der Waals surface area (Å²) in [5.74, 6) is -1.16. The molecule has 2 saturated heterocycles. The summed E-state index contributed by atoms with van der Waals surface area (Å²) in [4.78, 5) is 2.64. The molecule has 0 amide bonds. The lowest BCUT2D eigenvalue weighted by atomic mass is 9.82. The Morgan fingerprint density at radius 2 is 1.84 bits per heavy atom. The van der Waals surface area contributed by atoms with E-state index in [-0.39, 0.29) is 6.61 Å². The molecule has 2 heterocycles. The summed E-state index contributed by atoms with van der Waals surface area (Å²) in [7, 11) is -9.89. The first-order chi connectivity index (χ1) is 15.0. The SMILES string of the molecule is CC1OC(c2ccccc2)OC1[C@@H]1C(COS(=O)(=O)O)OCC(N=[N+]=[N-])[C@@H]1OS(=O)(=O)O. The monoisotopic (exact) mass is 495 g/mol. The van der Waals surface area contributed by atoms with E-state index in [2.05, 4.69) is 14.2 Å². The van der Waals surface area contributed by atoms with E-state index >= 15 is 0 Å². The highest BCUT2D eigenvalue weighted by molar-refractivity contribution is 7.81. The fourth-order valence-corrected chi connectivity index (χ4v) is 4.61. The van der Waals surface area contributed by atoms with E-state index in [0.29, 0.717) is 5.56 Å². The smallest absolute Gasteiger partial charge is 0.375 e. The molecule has 0 aliphatic carbocycles. The molecule has 2 fully saturated rings. The van der Waals surface area contributed by atoms with Crippen molar-refractivity contribution in [3.63, 3.8) is 0 Å². The van der Waals surface area contributed by atoms with Crippen molar-refractivity contribution in [2.75, 3.05) is 13.2 Å². The van der Waals surface area contributed by atoms with Gasteiger partial charge in [0.15, 0.2) is 6.29 Å². The summed E-state index contributed by atoms with van der Waals surface area (Å²) in [6.07, 6.45) is -5.25. The van der Waals surface area contributed by atoms with Crippen molar-refractivity contribution in [1.29, 1.82) is 0 Å². The molecule has 7 atom stereocenters. The molecule has 0 spiro atoms. The minimum absolute atomic E-state index is 0.385. The van der Waals surface area contributed by atoms with Gasteiger partial charge in [-0.1, -0.05) is 35.4 Å². The highest BCUT2D eigenvalue weighted by Crippen LogP contribution is 2.41. The lowest BCUT2D eigenvalue weighted by molar-refractivity contribution is -0.156. The Bertz CT molecular complexity index is 1050. The Morgan fingerprint density at radius 1 is 1.16 bits per heavy atom. The number of benzene rings is 1. The fourth-order valence-electron chi connectivity index (χ4n) is 3.77. The third-order valence-electron chi connectivity index (χ3n) is 5.02. The van der Waals surface area contributed by atoms with Gasteiger partial charge in [0.25, 0.3) is 0 Å². The maximum Gasteiger partial charge on any atom is 0.397 e. The van der Waals surface area contributed by atoms with Crippen LogP contribution in [-0.4, -0.2) is 69.6 Å². The van der Waals surface area contributed by atoms with Crippen LogP contribution in [-0.2, 0) is 43.4 Å². The van der Waals surface area contributed by atoms with Gasteiger partial charge in [-0.2, -0.15) is 16.8 Å². The maximum atomic E-state index is 11.5. The number of rotatable bonds is 8. The third kappa shape index (κ3) is 6.35. The molecule has 0 aromatic heterocycles. The van der Waals surface area contributed by atoms with Gasteiger partial charge < -0.3 is 14.2 Å². The molecule has 14 nitrogen and oxygen atoms in total. The van der Waals surface area contributed by atoms with Gasteiger partial charge in [0.1, 0.15) is 0 Å². The normalized spacial score (nSPS) is 33.5. The van der Waals surface area contributed by atoms with Crippen molar-refractivity contribution in [3.05, 3.63) is 46.3 Å². The van der Waals surface area contributed by atoms with Crippen LogP contribution >= 0.6 is 0 Å². The topological polar surface area (TPSA) is 204 Å². The summed E-state index contributed by atoms with van der Waals surface area (Å²) >= 11 is 0. The zero-order valence-electron chi connectivity index (χ0n) is 16.6. The number of ether oxygens (including phenoxy) is 3.